The second-order valence-electron chi connectivity index (χ2n) is 10.4. The van der Waals surface area contributed by atoms with E-state index in [0.29, 0.717) is 6.54 Å². The van der Waals surface area contributed by atoms with Crippen LogP contribution in [0.15, 0.2) is 108 Å². The minimum atomic E-state index is -4.37. The number of sulfonamides is 1. The summed E-state index contributed by atoms with van der Waals surface area (Å²) in [5.41, 5.74) is 3.16. The Morgan fingerprint density at radius 2 is 1.47 bits per heavy atom. The molecule has 0 aromatic heterocycles. The van der Waals surface area contributed by atoms with Crippen LogP contribution < -0.4 is 9.62 Å². The first-order valence-corrected chi connectivity index (χ1v) is 15.5. The Balaban J connectivity index is 1.80. The number of nitrogens with one attached hydrogen (secondary N) is 1. The summed E-state index contributed by atoms with van der Waals surface area (Å²) in [5, 5.41) is 2.83. The molecule has 0 spiro atoms. The van der Waals surface area contributed by atoms with Crippen molar-refractivity contribution in [2.24, 2.45) is 0 Å². The summed E-state index contributed by atoms with van der Waals surface area (Å²) >= 11 is 0. The van der Waals surface area contributed by atoms with Gasteiger partial charge in [0.2, 0.25) is 11.8 Å². The SMILES string of the molecule is CCNC(=O)[C@@H](Cc1ccccc1)N(Cc1cccc(C)c1)C(=O)CN(c1ccccc1F)S(=O)(=O)c1ccc(C)cc1. The van der Waals surface area contributed by atoms with Gasteiger partial charge in [0.25, 0.3) is 10.0 Å². The second kappa shape index (κ2) is 14.1. The van der Waals surface area contributed by atoms with E-state index in [2.05, 4.69) is 5.32 Å². The number of benzene rings is 4. The third-order valence-electron chi connectivity index (χ3n) is 7.07. The molecule has 0 saturated heterocycles. The molecule has 1 atom stereocenters. The Hall–Kier alpha value is -4.50. The van der Waals surface area contributed by atoms with Gasteiger partial charge in [0.1, 0.15) is 18.4 Å². The molecule has 0 aliphatic carbocycles. The average molecular weight is 602 g/mol. The number of amides is 2. The van der Waals surface area contributed by atoms with Crippen LogP contribution in [0, 0.1) is 19.7 Å². The van der Waals surface area contributed by atoms with Crippen LogP contribution >= 0.6 is 0 Å². The molecular formula is C34H36FN3O4S. The Kier molecular flexibility index (Phi) is 10.3. The van der Waals surface area contributed by atoms with Gasteiger partial charge in [-0.15, -0.1) is 0 Å². The van der Waals surface area contributed by atoms with E-state index in [1.165, 1.54) is 35.2 Å². The van der Waals surface area contributed by atoms with E-state index in [1.807, 2.05) is 68.4 Å². The van der Waals surface area contributed by atoms with Gasteiger partial charge in [0.15, 0.2) is 0 Å². The smallest absolute Gasteiger partial charge is 0.264 e. The van der Waals surface area contributed by atoms with Crippen molar-refractivity contribution in [3.05, 3.63) is 131 Å². The van der Waals surface area contributed by atoms with Crippen LogP contribution in [0.5, 0.6) is 0 Å². The molecule has 0 bridgehead atoms. The van der Waals surface area contributed by atoms with Crippen molar-refractivity contribution in [1.82, 2.24) is 10.2 Å². The number of nitrogens with zero attached hydrogens (tertiary/aromatic N) is 2. The van der Waals surface area contributed by atoms with Gasteiger partial charge in [0, 0.05) is 19.5 Å². The topological polar surface area (TPSA) is 86.8 Å². The Bertz CT molecular complexity index is 1660. The lowest BCUT2D eigenvalue weighted by atomic mass is 10.0. The molecule has 0 saturated carbocycles. The highest BCUT2D eigenvalue weighted by Crippen LogP contribution is 2.27. The molecule has 2 amide bonds. The summed E-state index contributed by atoms with van der Waals surface area (Å²) in [5.74, 6) is -1.81. The maximum absolute atomic E-state index is 15.2. The minimum Gasteiger partial charge on any atom is -0.355 e. The fourth-order valence-corrected chi connectivity index (χ4v) is 6.28. The third-order valence-corrected chi connectivity index (χ3v) is 8.84. The predicted octanol–water partition coefficient (Wildman–Crippen LogP) is 5.41. The van der Waals surface area contributed by atoms with Crippen molar-refractivity contribution in [2.75, 3.05) is 17.4 Å². The van der Waals surface area contributed by atoms with E-state index in [-0.39, 0.29) is 29.5 Å². The highest BCUT2D eigenvalue weighted by molar-refractivity contribution is 7.92. The van der Waals surface area contributed by atoms with Crippen LogP contribution in [0.1, 0.15) is 29.2 Å². The van der Waals surface area contributed by atoms with Crippen LogP contribution in [0.25, 0.3) is 0 Å². The molecule has 0 heterocycles. The van der Waals surface area contributed by atoms with E-state index in [9.17, 15) is 18.0 Å². The van der Waals surface area contributed by atoms with Crippen molar-refractivity contribution in [2.45, 2.75) is 44.7 Å². The fourth-order valence-electron chi connectivity index (χ4n) is 4.86. The summed E-state index contributed by atoms with van der Waals surface area (Å²) in [6, 6.07) is 27.5. The Morgan fingerprint density at radius 3 is 2.12 bits per heavy atom. The molecule has 43 heavy (non-hydrogen) atoms. The maximum atomic E-state index is 15.2. The Labute approximate surface area is 253 Å². The largest absolute Gasteiger partial charge is 0.355 e. The molecule has 0 unspecified atom stereocenters. The minimum absolute atomic E-state index is 0.0465. The van der Waals surface area contributed by atoms with E-state index in [4.69, 9.17) is 0 Å². The molecule has 0 radical (unpaired) electrons. The molecule has 0 fully saturated rings. The number of likely N-dealkylation sites (N-methyl/N-ethyl adjacent to an activating group) is 1. The number of carbonyl (C=O) groups is 2. The maximum Gasteiger partial charge on any atom is 0.264 e. The van der Waals surface area contributed by atoms with Gasteiger partial charge in [-0.25, -0.2) is 12.8 Å². The fraction of sp³-hybridized carbons (Fsp3) is 0.235. The zero-order valence-electron chi connectivity index (χ0n) is 24.5. The molecule has 224 valence electrons. The zero-order valence-corrected chi connectivity index (χ0v) is 25.4. The van der Waals surface area contributed by atoms with Gasteiger partial charge in [-0.3, -0.25) is 13.9 Å². The summed E-state index contributed by atoms with van der Waals surface area (Å²) in [7, 11) is -4.37. The quantitative estimate of drug-likeness (QED) is 0.235. The van der Waals surface area contributed by atoms with Gasteiger partial charge >= 0.3 is 0 Å². The summed E-state index contributed by atoms with van der Waals surface area (Å²) in [6.07, 6.45) is 0.203. The highest BCUT2D eigenvalue weighted by Gasteiger charge is 2.35. The molecule has 1 N–H and O–H groups in total. The van der Waals surface area contributed by atoms with Crippen LogP contribution in [-0.4, -0.2) is 44.3 Å². The predicted molar refractivity (Wildman–Crippen MR) is 166 cm³/mol. The van der Waals surface area contributed by atoms with Crippen molar-refractivity contribution in [3.63, 3.8) is 0 Å². The highest BCUT2D eigenvalue weighted by atomic mass is 32.2. The summed E-state index contributed by atoms with van der Waals surface area (Å²) in [4.78, 5) is 29.1. The number of hydrogen-bond acceptors (Lipinski definition) is 4. The molecule has 9 heteroatoms. The second-order valence-corrected chi connectivity index (χ2v) is 12.2. The van der Waals surface area contributed by atoms with E-state index in [0.717, 1.165) is 32.6 Å². The number of halogens is 1. The zero-order chi connectivity index (χ0) is 31.0. The van der Waals surface area contributed by atoms with Crippen molar-refractivity contribution >= 4 is 27.5 Å². The van der Waals surface area contributed by atoms with Gasteiger partial charge < -0.3 is 10.2 Å². The van der Waals surface area contributed by atoms with Gasteiger partial charge in [-0.1, -0.05) is 90.0 Å². The van der Waals surface area contributed by atoms with Crippen molar-refractivity contribution in [3.8, 4) is 0 Å². The van der Waals surface area contributed by atoms with Gasteiger partial charge in [0.05, 0.1) is 10.6 Å². The van der Waals surface area contributed by atoms with Crippen LogP contribution in [0.3, 0.4) is 0 Å². The number of para-hydroxylation sites is 1. The van der Waals surface area contributed by atoms with E-state index in [1.54, 1.807) is 19.1 Å². The monoisotopic (exact) mass is 601 g/mol. The normalized spacial score (nSPS) is 11.9. The van der Waals surface area contributed by atoms with Crippen LogP contribution in [-0.2, 0) is 32.6 Å². The Morgan fingerprint density at radius 1 is 0.814 bits per heavy atom. The number of aryl methyl sites for hydroxylation is 2. The first-order chi connectivity index (χ1) is 20.6. The first kappa shape index (κ1) is 31.4. The lowest BCUT2D eigenvalue weighted by Gasteiger charge is -2.34. The lowest BCUT2D eigenvalue weighted by Crippen LogP contribution is -2.53. The van der Waals surface area contributed by atoms with Crippen LogP contribution in [0.4, 0.5) is 10.1 Å². The molecule has 7 nitrogen and oxygen atoms in total. The van der Waals surface area contributed by atoms with Gasteiger partial charge in [-0.05, 0) is 56.2 Å². The number of carbonyl (C=O) groups excluding carboxylic acids is 2. The van der Waals surface area contributed by atoms with Crippen LogP contribution in [0.2, 0.25) is 0 Å². The first-order valence-electron chi connectivity index (χ1n) is 14.1. The van der Waals surface area contributed by atoms with E-state index >= 15 is 4.39 Å². The molecule has 0 aliphatic heterocycles. The lowest BCUT2D eigenvalue weighted by molar-refractivity contribution is -0.140. The van der Waals surface area contributed by atoms with Crippen molar-refractivity contribution < 1.29 is 22.4 Å². The summed E-state index contributed by atoms with van der Waals surface area (Å²) < 4.78 is 43.9. The molecular weight excluding hydrogens is 565 g/mol. The molecule has 4 rings (SSSR count). The molecule has 4 aromatic carbocycles. The van der Waals surface area contributed by atoms with E-state index < -0.39 is 34.3 Å². The molecule has 0 aliphatic rings. The number of anilines is 1. The third kappa shape index (κ3) is 7.87. The molecule has 4 aromatic rings. The summed E-state index contributed by atoms with van der Waals surface area (Å²) in [6.45, 7) is 5.22. The standard InChI is InChI=1S/C34H36FN3O4S/c1-4-36-34(40)32(22-27-12-6-5-7-13-27)37(23-28-14-10-11-26(3)21-28)33(39)24-38(31-16-9-8-15-30(31)35)43(41,42)29-19-17-25(2)18-20-29/h5-21,32H,4,22-24H2,1-3H3,(H,36,40)/t32-/m1/s1. The number of hydrogen-bond donors (Lipinski definition) is 1. The number of rotatable bonds is 12. The van der Waals surface area contributed by atoms with Crippen molar-refractivity contribution in [1.29, 1.82) is 0 Å². The average Bonchev–Trinajstić information content (AvgIpc) is 2.99. The van der Waals surface area contributed by atoms with Gasteiger partial charge in [-0.2, -0.15) is 0 Å².